The minimum Gasteiger partial charge on any atom is -0.383 e. The highest BCUT2D eigenvalue weighted by Crippen LogP contribution is 2.34. The minimum atomic E-state index is -0.987. The highest BCUT2D eigenvalue weighted by molar-refractivity contribution is 5.95. The molecule has 1 aromatic heterocycles. The zero-order valence-electron chi connectivity index (χ0n) is 13.7. The van der Waals surface area contributed by atoms with Crippen LogP contribution < -0.4 is 5.32 Å². The summed E-state index contributed by atoms with van der Waals surface area (Å²) in [5, 5.41) is 18.2. The van der Waals surface area contributed by atoms with Gasteiger partial charge in [0, 0.05) is 13.2 Å². The Labute approximate surface area is 136 Å². The van der Waals surface area contributed by atoms with Gasteiger partial charge < -0.3 is 10.4 Å². The molecule has 0 aliphatic heterocycles. The molecule has 2 N–H and O–H groups in total. The van der Waals surface area contributed by atoms with E-state index in [4.69, 9.17) is 0 Å². The van der Waals surface area contributed by atoms with Crippen molar-refractivity contribution in [2.24, 2.45) is 7.05 Å². The molecule has 1 aromatic carbocycles. The Morgan fingerprint density at radius 3 is 3.00 bits per heavy atom. The lowest BCUT2D eigenvalue weighted by Gasteiger charge is -2.34. The van der Waals surface area contributed by atoms with E-state index < -0.39 is 5.60 Å². The van der Waals surface area contributed by atoms with E-state index in [0.29, 0.717) is 18.4 Å². The van der Waals surface area contributed by atoms with Gasteiger partial charge in [0.25, 0.3) is 5.91 Å². The van der Waals surface area contributed by atoms with Crippen LogP contribution in [-0.4, -0.2) is 27.3 Å². The third-order valence-electron chi connectivity index (χ3n) is 4.58. The van der Waals surface area contributed by atoms with E-state index in [9.17, 15) is 9.90 Å². The van der Waals surface area contributed by atoms with Crippen molar-refractivity contribution in [1.29, 1.82) is 0 Å². The second-order valence-corrected chi connectivity index (χ2v) is 6.24. The van der Waals surface area contributed by atoms with Crippen molar-refractivity contribution in [3.05, 3.63) is 52.8 Å². The van der Waals surface area contributed by atoms with E-state index in [1.165, 1.54) is 5.56 Å². The third-order valence-corrected chi connectivity index (χ3v) is 4.58. The highest BCUT2D eigenvalue weighted by Gasteiger charge is 2.34. The Balaban J connectivity index is 1.77. The molecule has 122 valence electrons. The number of carbonyl (C=O) groups is 1. The summed E-state index contributed by atoms with van der Waals surface area (Å²) >= 11 is 0. The Kier molecular flexibility index (Phi) is 4.22. The highest BCUT2D eigenvalue weighted by atomic mass is 16.3. The second kappa shape index (κ2) is 6.16. The topological polar surface area (TPSA) is 67.2 Å². The van der Waals surface area contributed by atoms with Gasteiger partial charge in [0.15, 0.2) is 0 Å². The number of amides is 1. The van der Waals surface area contributed by atoms with E-state index in [1.54, 1.807) is 17.9 Å². The predicted molar refractivity (Wildman–Crippen MR) is 88.2 cm³/mol. The fourth-order valence-corrected chi connectivity index (χ4v) is 3.39. The zero-order chi connectivity index (χ0) is 16.4. The number of nitrogens with one attached hydrogen (secondary N) is 1. The van der Waals surface area contributed by atoms with E-state index in [-0.39, 0.29) is 12.5 Å². The number of rotatable bonds is 4. The molecule has 1 atom stereocenters. The summed E-state index contributed by atoms with van der Waals surface area (Å²) in [6.45, 7) is 2.20. The summed E-state index contributed by atoms with van der Waals surface area (Å²) in [7, 11) is 1.81. The average Bonchev–Trinajstić information content (AvgIpc) is 2.94. The van der Waals surface area contributed by atoms with E-state index in [2.05, 4.69) is 16.5 Å². The van der Waals surface area contributed by atoms with Gasteiger partial charge in [-0.3, -0.25) is 9.48 Å². The molecule has 3 rings (SSSR count). The molecule has 1 aliphatic rings. The van der Waals surface area contributed by atoms with Crippen molar-refractivity contribution >= 4 is 5.91 Å². The average molecular weight is 313 g/mol. The molecule has 0 saturated carbocycles. The molecule has 0 fully saturated rings. The summed E-state index contributed by atoms with van der Waals surface area (Å²) in [5.41, 5.74) is 2.49. The fraction of sp³-hybridized carbons (Fsp3) is 0.444. The molecule has 0 radical (unpaired) electrons. The Morgan fingerprint density at radius 2 is 2.22 bits per heavy atom. The maximum atomic E-state index is 12.5. The molecule has 1 amide bonds. The molecule has 0 spiro atoms. The van der Waals surface area contributed by atoms with Crippen molar-refractivity contribution in [2.45, 2.75) is 38.2 Å². The molecular formula is C18H23N3O2. The summed E-state index contributed by atoms with van der Waals surface area (Å²) in [5.74, 6) is -0.175. The Hall–Kier alpha value is -2.14. The first-order valence-corrected chi connectivity index (χ1v) is 8.15. The maximum Gasteiger partial charge on any atom is 0.254 e. The van der Waals surface area contributed by atoms with Crippen LogP contribution in [0.15, 0.2) is 30.5 Å². The first kappa shape index (κ1) is 15.7. The summed E-state index contributed by atoms with van der Waals surface area (Å²) < 4.78 is 1.65. The first-order valence-electron chi connectivity index (χ1n) is 8.15. The summed E-state index contributed by atoms with van der Waals surface area (Å²) in [6, 6.07) is 7.94. The van der Waals surface area contributed by atoms with Crippen molar-refractivity contribution in [3.8, 4) is 0 Å². The number of aromatic nitrogens is 2. The van der Waals surface area contributed by atoms with E-state index >= 15 is 0 Å². The largest absolute Gasteiger partial charge is 0.383 e. The van der Waals surface area contributed by atoms with Gasteiger partial charge in [0.1, 0.15) is 5.60 Å². The van der Waals surface area contributed by atoms with Gasteiger partial charge in [-0.25, -0.2) is 0 Å². The van der Waals surface area contributed by atoms with Crippen LogP contribution in [0.5, 0.6) is 0 Å². The molecule has 1 aliphatic carbocycles. The number of carbonyl (C=O) groups excluding carboxylic acids is 1. The molecule has 5 heteroatoms. The lowest BCUT2D eigenvalue weighted by Crippen LogP contribution is -2.43. The minimum absolute atomic E-state index is 0.175. The smallest absolute Gasteiger partial charge is 0.254 e. The molecule has 2 aromatic rings. The van der Waals surface area contributed by atoms with Gasteiger partial charge >= 0.3 is 0 Å². The zero-order valence-corrected chi connectivity index (χ0v) is 13.7. The van der Waals surface area contributed by atoms with Crippen molar-refractivity contribution in [3.63, 3.8) is 0 Å². The number of hydrogen-bond donors (Lipinski definition) is 2. The predicted octanol–water partition coefficient (Wildman–Crippen LogP) is 1.94. The Bertz CT molecular complexity index is 723. The molecular weight excluding hydrogens is 290 g/mol. The van der Waals surface area contributed by atoms with Gasteiger partial charge in [-0.15, -0.1) is 0 Å². The lowest BCUT2D eigenvalue weighted by atomic mass is 9.79. The van der Waals surface area contributed by atoms with Crippen LogP contribution in [0.4, 0.5) is 0 Å². The molecule has 0 saturated heterocycles. The first-order chi connectivity index (χ1) is 11.0. The summed E-state index contributed by atoms with van der Waals surface area (Å²) in [6.07, 6.45) is 5.01. The Morgan fingerprint density at radius 1 is 1.43 bits per heavy atom. The van der Waals surface area contributed by atoms with Crippen LogP contribution in [0.25, 0.3) is 0 Å². The van der Waals surface area contributed by atoms with Crippen molar-refractivity contribution in [1.82, 2.24) is 15.1 Å². The van der Waals surface area contributed by atoms with Crippen LogP contribution in [0.1, 0.15) is 46.9 Å². The van der Waals surface area contributed by atoms with Gasteiger partial charge in [-0.05, 0) is 36.8 Å². The number of hydrogen-bond acceptors (Lipinski definition) is 3. The quantitative estimate of drug-likeness (QED) is 0.906. The normalized spacial score (nSPS) is 20.1. The third kappa shape index (κ3) is 3.01. The molecule has 0 bridgehead atoms. The van der Waals surface area contributed by atoms with Gasteiger partial charge in [-0.2, -0.15) is 5.10 Å². The van der Waals surface area contributed by atoms with Gasteiger partial charge in [0.05, 0.1) is 17.8 Å². The lowest BCUT2D eigenvalue weighted by molar-refractivity contribution is 0.0189. The number of nitrogens with zero attached hydrogens (tertiary/aromatic N) is 2. The number of aryl methyl sites for hydroxylation is 3. The van der Waals surface area contributed by atoms with E-state index in [1.807, 2.05) is 25.1 Å². The summed E-state index contributed by atoms with van der Waals surface area (Å²) in [4.78, 5) is 12.5. The van der Waals surface area contributed by atoms with E-state index in [0.717, 1.165) is 24.1 Å². The molecule has 1 unspecified atom stereocenters. The fourth-order valence-electron chi connectivity index (χ4n) is 3.39. The molecule has 5 nitrogen and oxygen atoms in total. The van der Waals surface area contributed by atoms with Crippen LogP contribution in [-0.2, 0) is 25.5 Å². The van der Waals surface area contributed by atoms with Crippen molar-refractivity contribution < 1.29 is 9.90 Å². The maximum absolute atomic E-state index is 12.5. The number of fused-ring (bicyclic) bond motifs is 1. The van der Waals surface area contributed by atoms with Gasteiger partial charge in [0.2, 0.25) is 0 Å². The van der Waals surface area contributed by atoms with Crippen LogP contribution in [0, 0.1) is 0 Å². The van der Waals surface area contributed by atoms with Gasteiger partial charge in [-0.1, -0.05) is 31.2 Å². The van der Waals surface area contributed by atoms with Crippen LogP contribution in [0.3, 0.4) is 0 Å². The molecule has 23 heavy (non-hydrogen) atoms. The second-order valence-electron chi connectivity index (χ2n) is 6.24. The van der Waals surface area contributed by atoms with Crippen molar-refractivity contribution in [2.75, 3.05) is 6.54 Å². The number of aliphatic hydroxyl groups is 1. The monoisotopic (exact) mass is 313 g/mol. The molecule has 1 heterocycles. The number of benzene rings is 1. The van der Waals surface area contributed by atoms with Crippen LogP contribution >= 0.6 is 0 Å². The standard InChI is InChI=1S/C18H23N3O2/c1-3-16-14(11-21(2)20-16)17(22)19-12-18(23)10-6-8-13-7-4-5-9-15(13)18/h4-5,7,9,11,23H,3,6,8,10,12H2,1-2H3,(H,19,22). The van der Waals surface area contributed by atoms with Crippen LogP contribution in [0.2, 0.25) is 0 Å². The SMILES string of the molecule is CCc1nn(C)cc1C(=O)NCC1(O)CCCc2ccccc21.